The quantitative estimate of drug-likeness (QED) is 0.527. The molecule has 0 unspecified atom stereocenters. The van der Waals surface area contributed by atoms with Gasteiger partial charge in [0.15, 0.2) is 11.5 Å². The van der Waals surface area contributed by atoms with Crippen molar-refractivity contribution in [1.29, 1.82) is 0 Å². The highest BCUT2D eigenvalue weighted by atomic mass is 35.5. The Kier molecular flexibility index (Phi) is 4.89. The van der Waals surface area contributed by atoms with Crippen molar-refractivity contribution in [3.8, 4) is 22.9 Å². The van der Waals surface area contributed by atoms with Crippen LogP contribution in [-0.4, -0.2) is 27.2 Å². The zero-order valence-electron chi connectivity index (χ0n) is 14.6. The Morgan fingerprint density at radius 1 is 1.04 bits per heavy atom. The summed E-state index contributed by atoms with van der Waals surface area (Å²) in [4.78, 5) is 0. The summed E-state index contributed by atoms with van der Waals surface area (Å²) >= 11 is 6.48. The third kappa shape index (κ3) is 3.57. The first-order valence-corrected chi connectivity index (χ1v) is 8.93. The van der Waals surface area contributed by atoms with Crippen LogP contribution in [0.5, 0.6) is 11.5 Å². The number of ether oxygens (including phenoxy) is 2. The van der Waals surface area contributed by atoms with Gasteiger partial charge in [-0.1, -0.05) is 54.1 Å². The zero-order chi connectivity index (χ0) is 18.6. The number of hydrogen-bond acceptors (Lipinski definition) is 5. The summed E-state index contributed by atoms with van der Waals surface area (Å²) in [6.07, 6.45) is 0. The molecule has 3 aromatic carbocycles. The Morgan fingerprint density at radius 3 is 2.70 bits per heavy atom. The van der Waals surface area contributed by atoms with Crippen LogP contribution < -0.4 is 9.47 Å². The van der Waals surface area contributed by atoms with E-state index in [0.29, 0.717) is 41.1 Å². The van der Waals surface area contributed by atoms with Crippen molar-refractivity contribution in [2.24, 2.45) is 0 Å². The number of aromatic nitrogens is 4. The molecule has 0 saturated heterocycles. The van der Waals surface area contributed by atoms with E-state index in [4.69, 9.17) is 21.1 Å². The molecule has 0 fully saturated rings. The molecule has 4 aromatic rings. The van der Waals surface area contributed by atoms with Crippen LogP contribution in [0.3, 0.4) is 0 Å². The molecule has 0 atom stereocenters. The van der Waals surface area contributed by atoms with Crippen molar-refractivity contribution in [1.82, 2.24) is 20.6 Å². The zero-order valence-corrected chi connectivity index (χ0v) is 15.4. The molecule has 0 aliphatic heterocycles. The van der Waals surface area contributed by atoms with Gasteiger partial charge in [-0.15, -0.1) is 10.2 Å². The van der Waals surface area contributed by atoms with Crippen molar-refractivity contribution in [2.45, 2.75) is 13.5 Å². The lowest BCUT2D eigenvalue weighted by Gasteiger charge is -2.15. The van der Waals surface area contributed by atoms with Gasteiger partial charge >= 0.3 is 0 Å². The van der Waals surface area contributed by atoms with E-state index in [2.05, 4.69) is 38.8 Å². The maximum atomic E-state index is 6.48. The Bertz CT molecular complexity index is 1060. The second kappa shape index (κ2) is 7.63. The number of H-pyrrole nitrogens is 1. The smallest absolute Gasteiger partial charge is 0.204 e. The van der Waals surface area contributed by atoms with Crippen molar-refractivity contribution in [3.63, 3.8) is 0 Å². The molecule has 7 heteroatoms. The van der Waals surface area contributed by atoms with Gasteiger partial charge in [-0.2, -0.15) is 5.21 Å². The Hall–Kier alpha value is -3.12. The predicted molar refractivity (Wildman–Crippen MR) is 104 cm³/mol. The molecule has 1 heterocycles. The van der Waals surface area contributed by atoms with Gasteiger partial charge in [0.2, 0.25) is 5.82 Å². The van der Waals surface area contributed by atoms with Gasteiger partial charge < -0.3 is 9.47 Å². The van der Waals surface area contributed by atoms with E-state index in [0.717, 1.165) is 10.9 Å². The number of halogens is 1. The van der Waals surface area contributed by atoms with E-state index in [-0.39, 0.29) is 0 Å². The number of nitrogens with zero attached hydrogens (tertiary/aromatic N) is 3. The van der Waals surface area contributed by atoms with Gasteiger partial charge in [0, 0.05) is 5.56 Å². The molecule has 0 spiro atoms. The summed E-state index contributed by atoms with van der Waals surface area (Å²) in [7, 11) is 0. The van der Waals surface area contributed by atoms with Crippen molar-refractivity contribution < 1.29 is 9.47 Å². The fourth-order valence-electron chi connectivity index (χ4n) is 2.95. The molecule has 136 valence electrons. The molecule has 0 bridgehead atoms. The number of tetrazole rings is 1. The first-order chi connectivity index (χ1) is 13.3. The van der Waals surface area contributed by atoms with E-state index in [1.165, 1.54) is 5.39 Å². The third-order valence-corrected chi connectivity index (χ3v) is 4.45. The van der Waals surface area contributed by atoms with E-state index >= 15 is 0 Å². The lowest BCUT2D eigenvalue weighted by atomic mass is 10.1. The number of benzene rings is 3. The summed E-state index contributed by atoms with van der Waals surface area (Å²) in [6.45, 7) is 2.77. The van der Waals surface area contributed by atoms with Gasteiger partial charge in [0.05, 0.1) is 11.6 Å². The average Bonchev–Trinajstić information content (AvgIpc) is 3.22. The van der Waals surface area contributed by atoms with Crippen LogP contribution in [0.1, 0.15) is 12.5 Å². The molecular weight excluding hydrogens is 364 g/mol. The molecule has 4 rings (SSSR count). The summed E-state index contributed by atoms with van der Waals surface area (Å²) in [6, 6.07) is 17.9. The molecule has 1 N–H and O–H groups in total. The van der Waals surface area contributed by atoms with Gasteiger partial charge in [-0.05, 0) is 40.6 Å². The topological polar surface area (TPSA) is 72.9 Å². The number of hydrogen-bond donors (Lipinski definition) is 1. The summed E-state index contributed by atoms with van der Waals surface area (Å²) < 4.78 is 11.8. The lowest BCUT2D eigenvalue weighted by Crippen LogP contribution is -2.01. The number of aromatic amines is 1. The Balaban J connectivity index is 1.66. The van der Waals surface area contributed by atoms with Crippen LogP contribution >= 0.6 is 11.6 Å². The summed E-state index contributed by atoms with van der Waals surface area (Å²) in [5.41, 5.74) is 1.78. The maximum absolute atomic E-state index is 6.48. The lowest BCUT2D eigenvalue weighted by molar-refractivity contribution is 0.270. The molecule has 0 aliphatic carbocycles. The van der Waals surface area contributed by atoms with Crippen LogP contribution in [-0.2, 0) is 6.61 Å². The Labute approximate surface area is 161 Å². The van der Waals surface area contributed by atoms with Crippen molar-refractivity contribution in [3.05, 3.63) is 65.2 Å². The second-order valence-corrected chi connectivity index (χ2v) is 6.29. The molecule has 6 nitrogen and oxygen atoms in total. The first-order valence-electron chi connectivity index (χ1n) is 8.56. The van der Waals surface area contributed by atoms with Crippen molar-refractivity contribution >= 4 is 22.4 Å². The minimum atomic E-state index is 0.378. The summed E-state index contributed by atoms with van der Waals surface area (Å²) in [5, 5.41) is 16.7. The van der Waals surface area contributed by atoms with E-state index in [1.54, 1.807) is 12.1 Å². The largest absolute Gasteiger partial charge is 0.490 e. The minimum absolute atomic E-state index is 0.378. The average molecular weight is 381 g/mol. The van der Waals surface area contributed by atoms with Crippen LogP contribution in [0.15, 0.2) is 54.6 Å². The molecule has 1 aromatic heterocycles. The van der Waals surface area contributed by atoms with E-state index in [9.17, 15) is 0 Å². The predicted octanol–water partition coefficient (Wildman–Crippen LogP) is 4.65. The fraction of sp³-hybridized carbons (Fsp3) is 0.150. The van der Waals surface area contributed by atoms with Gasteiger partial charge in [-0.25, -0.2) is 0 Å². The number of nitrogens with one attached hydrogen (secondary N) is 1. The standard InChI is InChI=1S/C20H17ClN4O2/c1-2-26-18-11-15(20-22-24-25-23-20)10-17(21)19(18)27-12-14-8-5-7-13-6-3-4-9-16(13)14/h3-11H,2,12H2,1H3,(H,22,23,24,25). The van der Waals surface area contributed by atoms with Crippen LogP contribution in [0.4, 0.5) is 0 Å². The molecule has 0 saturated carbocycles. The molecule has 0 radical (unpaired) electrons. The minimum Gasteiger partial charge on any atom is -0.490 e. The highest BCUT2D eigenvalue weighted by Crippen LogP contribution is 2.39. The third-order valence-electron chi connectivity index (χ3n) is 4.16. The van der Waals surface area contributed by atoms with Crippen molar-refractivity contribution in [2.75, 3.05) is 6.61 Å². The molecular formula is C20H17ClN4O2. The highest BCUT2D eigenvalue weighted by molar-refractivity contribution is 6.32. The molecule has 0 amide bonds. The van der Waals surface area contributed by atoms with Gasteiger partial charge in [-0.3, -0.25) is 0 Å². The first kappa shape index (κ1) is 17.3. The Morgan fingerprint density at radius 2 is 1.89 bits per heavy atom. The van der Waals surface area contributed by atoms with Gasteiger partial charge in [0.1, 0.15) is 6.61 Å². The monoisotopic (exact) mass is 380 g/mol. The SMILES string of the molecule is CCOc1cc(-c2nn[nH]n2)cc(Cl)c1OCc1cccc2ccccc12. The number of rotatable bonds is 6. The maximum Gasteiger partial charge on any atom is 0.204 e. The van der Waals surface area contributed by atoms with Crippen LogP contribution in [0.2, 0.25) is 5.02 Å². The van der Waals surface area contributed by atoms with Crippen LogP contribution in [0, 0.1) is 0 Å². The highest BCUT2D eigenvalue weighted by Gasteiger charge is 2.16. The second-order valence-electron chi connectivity index (χ2n) is 5.88. The number of fused-ring (bicyclic) bond motifs is 1. The molecule has 0 aliphatic rings. The molecule has 27 heavy (non-hydrogen) atoms. The summed E-state index contributed by atoms with van der Waals surface area (Å²) in [5.74, 6) is 1.49. The van der Waals surface area contributed by atoms with E-state index in [1.807, 2.05) is 31.2 Å². The fourth-order valence-corrected chi connectivity index (χ4v) is 3.22. The van der Waals surface area contributed by atoms with Gasteiger partial charge in [0.25, 0.3) is 0 Å². The normalized spacial score (nSPS) is 10.9. The van der Waals surface area contributed by atoms with Crippen LogP contribution in [0.25, 0.3) is 22.2 Å². The van der Waals surface area contributed by atoms with E-state index < -0.39 is 0 Å².